The highest BCUT2D eigenvalue weighted by Gasteiger charge is 2.12. The highest BCUT2D eigenvalue weighted by molar-refractivity contribution is 7.92. The lowest BCUT2D eigenvalue weighted by Crippen LogP contribution is -2.21. The predicted octanol–water partition coefficient (Wildman–Crippen LogP) is 3.12. The Labute approximate surface area is 125 Å². The van der Waals surface area contributed by atoms with Crippen LogP contribution in [0.1, 0.15) is 11.1 Å². The molecule has 0 heterocycles. The Morgan fingerprint density at radius 3 is 2.43 bits per heavy atom. The van der Waals surface area contributed by atoms with Crippen molar-refractivity contribution in [1.29, 1.82) is 0 Å². The van der Waals surface area contributed by atoms with Gasteiger partial charge in [-0.15, -0.1) is 0 Å². The molecule has 0 aliphatic rings. The van der Waals surface area contributed by atoms with Gasteiger partial charge in [0, 0.05) is 0 Å². The smallest absolute Gasteiger partial charge is 0.236 e. The minimum Gasteiger partial charge on any atom is -0.492 e. The molecule has 1 N–H and O–H groups in total. The van der Waals surface area contributed by atoms with Gasteiger partial charge in [-0.25, -0.2) is 8.42 Å². The molecule has 0 saturated heterocycles. The standard InChI is InChI=1S/C16H19NO3S/c1-13-8-9-16(14(2)12-13)17-21(18,19)11-10-20-15-6-4-3-5-7-15/h3-9,12,17H,10-11H2,1-2H3. The molecule has 0 aromatic heterocycles. The average Bonchev–Trinajstić information content (AvgIpc) is 2.43. The number of para-hydroxylation sites is 1. The first-order chi connectivity index (χ1) is 9.96. The Morgan fingerprint density at radius 2 is 1.76 bits per heavy atom. The van der Waals surface area contributed by atoms with Crippen molar-refractivity contribution in [1.82, 2.24) is 0 Å². The number of sulfonamides is 1. The number of anilines is 1. The topological polar surface area (TPSA) is 55.4 Å². The number of ether oxygens (including phenoxy) is 1. The van der Waals surface area contributed by atoms with E-state index in [9.17, 15) is 8.42 Å². The van der Waals surface area contributed by atoms with E-state index in [1.807, 2.05) is 44.2 Å². The van der Waals surface area contributed by atoms with Crippen LogP contribution in [0.3, 0.4) is 0 Å². The number of hydrogen-bond donors (Lipinski definition) is 1. The maximum atomic E-state index is 12.0. The number of hydrogen-bond acceptors (Lipinski definition) is 3. The second kappa shape index (κ2) is 6.63. The molecule has 0 saturated carbocycles. The van der Waals surface area contributed by atoms with Gasteiger partial charge < -0.3 is 4.74 Å². The van der Waals surface area contributed by atoms with Gasteiger partial charge in [-0.1, -0.05) is 35.9 Å². The van der Waals surface area contributed by atoms with Crippen LogP contribution in [0.5, 0.6) is 5.75 Å². The van der Waals surface area contributed by atoms with Crippen LogP contribution < -0.4 is 9.46 Å². The van der Waals surface area contributed by atoms with E-state index in [0.717, 1.165) is 11.1 Å². The molecule has 2 aromatic carbocycles. The van der Waals surface area contributed by atoms with Gasteiger partial charge >= 0.3 is 0 Å². The number of rotatable bonds is 6. The summed E-state index contributed by atoms with van der Waals surface area (Å²) in [5, 5.41) is 0. The summed E-state index contributed by atoms with van der Waals surface area (Å²) >= 11 is 0. The summed E-state index contributed by atoms with van der Waals surface area (Å²) in [6, 6.07) is 14.8. The second-order valence-corrected chi connectivity index (χ2v) is 6.74. The molecule has 0 amide bonds. The summed E-state index contributed by atoms with van der Waals surface area (Å²) in [7, 11) is -3.42. The summed E-state index contributed by atoms with van der Waals surface area (Å²) in [5.41, 5.74) is 2.62. The third-order valence-electron chi connectivity index (χ3n) is 3.01. The van der Waals surface area contributed by atoms with Crippen molar-refractivity contribution in [3.63, 3.8) is 0 Å². The molecule has 0 unspecified atom stereocenters. The maximum Gasteiger partial charge on any atom is 0.236 e. The Hall–Kier alpha value is -2.01. The minimum atomic E-state index is -3.42. The molecule has 0 aliphatic heterocycles. The van der Waals surface area contributed by atoms with Crippen molar-refractivity contribution in [2.75, 3.05) is 17.1 Å². The largest absolute Gasteiger partial charge is 0.492 e. The molecule has 0 aliphatic carbocycles. The molecule has 0 radical (unpaired) electrons. The molecule has 2 rings (SSSR count). The van der Waals surface area contributed by atoms with Crippen LogP contribution in [0.2, 0.25) is 0 Å². The van der Waals surface area contributed by atoms with Crippen molar-refractivity contribution in [2.24, 2.45) is 0 Å². The molecule has 0 atom stereocenters. The first-order valence-electron chi connectivity index (χ1n) is 6.72. The summed E-state index contributed by atoms with van der Waals surface area (Å²) in [5.74, 6) is 0.578. The summed E-state index contributed by atoms with van der Waals surface area (Å²) in [6.07, 6.45) is 0. The maximum absolute atomic E-state index is 12.0. The van der Waals surface area contributed by atoms with E-state index in [4.69, 9.17) is 4.74 Å². The lowest BCUT2D eigenvalue weighted by molar-refractivity contribution is 0.341. The quantitative estimate of drug-likeness (QED) is 0.892. The first kappa shape index (κ1) is 15.4. The van der Waals surface area contributed by atoms with Crippen molar-refractivity contribution in [3.05, 3.63) is 59.7 Å². The zero-order valence-electron chi connectivity index (χ0n) is 12.2. The Bertz CT molecular complexity index is 697. The molecular formula is C16H19NO3S. The highest BCUT2D eigenvalue weighted by atomic mass is 32.2. The predicted molar refractivity (Wildman–Crippen MR) is 85.3 cm³/mol. The zero-order chi connectivity index (χ0) is 15.3. The average molecular weight is 305 g/mol. The second-order valence-electron chi connectivity index (χ2n) is 4.90. The Kier molecular flexibility index (Phi) is 4.85. The normalized spacial score (nSPS) is 11.1. The van der Waals surface area contributed by atoms with Gasteiger partial charge in [-0.2, -0.15) is 0 Å². The number of benzene rings is 2. The lowest BCUT2D eigenvalue weighted by atomic mass is 10.1. The fraction of sp³-hybridized carbons (Fsp3) is 0.250. The van der Waals surface area contributed by atoms with Crippen LogP contribution in [0.25, 0.3) is 0 Å². The van der Waals surface area contributed by atoms with Crippen LogP contribution in [-0.4, -0.2) is 20.8 Å². The Balaban J connectivity index is 1.93. The van der Waals surface area contributed by atoms with E-state index in [0.29, 0.717) is 11.4 Å². The molecule has 2 aromatic rings. The molecule has 112 valence electrons. The van der Waals surface area contributed by atoms with Crippen molar-refractivity contribution in [2.45, 2.75) is 13.8 Å². The van der Waals surface area contributed by atoms with E-state index in [2.05, 4.69) is 4.72 Å². The molecule has 0 bridgehead atoms. The van der Waals surface area contributed by atoms with E-state index in [1.54, 1.807) is 18.2 Å². The third kappa shape index (κ3) is 4.79. The summed E-state index contributed by atoms with van der Waals surface area (Å²) < 4.78 is 32.1. The van der Waals surface area contributed by atoms with Gasteiger partial charge in [-0.05, 0) is 37.6 Å². The number of aryl methyl sites for hydroxylation is 2. The van der Waals surface area contributed by atoms with Gasteiger partial charge in [0.05, 0.1) is 5.69 Å². The van der Waals surface area contributed by atoms with E-state index < -0.39 is 10.0 Å². The zero-order valence-corrected chi connectivity index (χ0v) is 13.0. The summed E-state index contributed by atoms with van der Waals surface area (Å²) in [4.78, 5) is 0. The van der Waals surface area contributed by atoms with Crippen molar-refractivity contribution < 1.29 is 13.2 Å². The van der Waals surface area contributed by atoms with E-state index in [1.165, 1.54) is 0 Å². The SMILES string of the molecule is Cc1ccc(NS(=O)(=O)CCOc2ccccc2)c(C)c1. The fourth-order valence-corrected chi connectivity index (χ4v) is 2.90. The van der Waals surface area contributed by atoms with Crippen LogP contribution in [0, 0.1) is 13.8 Å². The minimum absolute atomic E-state index is 0.0881. The number of nitrogens with one attached hydrogen (secondary N) is 1. The third-order valence-corrected chi connectivity index (χ3v) is 4.25. The van der Waals surface area contributed by atoms with Crippen LogP contribution >= 0.6 is 0 Å². The lowest BCUT2D eigenvalue weighted by Gasteiger charge is -2.11. The molecule has 4 nitrogen and oxygen atoms in total. The molecule has 0 spiro atoms. The molecule has 5 heteroatoms. The van der Waals surface area contributed by atoms with Gasteiger partial charge in [0.2, 0.25) is 10.0 Å². The Morgan fingerprint density at radius 1 is 1.05 bits per heavy atom. The van der Waals surface area contributed by atoms with Crippen LogP contribution in [0.15, 0.2) is 48.5 Å². The molecule has 21 heavy (non-hydrogen) atoms. The first-order valence-corrected chi connectivity index (χ1v) is 8.37. The highest BCUT2D eigenvalue weighted by Crippen LogP contribution is 2.17. The molecular weight excluding hydrogens is 286 g/mol. The van der Waals surface area contributed by atoms with Crippen molar-refractivity contribution >= 4 is 15.7 Å². The van der Waals surface area contributed by atoms with E-state index >= 15 is 0 Å². The summed E-state index contributed by atoms with van der Waals surface area (Å²) in [6.45, 7) is 3.97. The monoisotopic (exact) mass is 305 g/mol. The molecule has 0 fully saturated rings. The van der Waals surface area contributed by atoms with Crippen LogP contribution in [-0.2, 0) is 10.0 Å². The fourth-order valence-electron chi connectivity index (χ4n) is 1.93. The van der Waals surface area contributed by atoms with Crippen molar-refractivity contribution in [3.8, 4) is 5.75 Å². The van der Waals surface area contributed by atoms with Crippen LogP contribution in [0.4, 0.5) is 5.69 Å². The van der Waals surface area contributed by atoms with Gasteiger partial charge in [0.15, 0.2) is 0 Å². The van der Waals surface area contributed by atoms with Gasteiger partial charge in [0.1, 0.15) is 18.1 Å². The van der Waals surface area contributed by atoms with Gasteiger partial charge in [-0.3, -0.25) is 4.72 Å². The van der Waals surface area contributed by atoms with Gasteiger partial charge in [0.25, 0.3) is 0 Å². The van der Waals surface area contributed by atoms with E-state index in [-0.39, 0.29) is 12.4 Å².